The molecule has 1 aliphatic carbocycles. The Balaban J connectivity index is 1.24. The van der Waals surface area contributed by atoms with Gasteiger partial charge in [-0.05, 0) is 49.9 Å². The van der Waals surface area contributed by atoms with E-state index in [9.17, 15) is 9.59 Å². The summed E-state index contributed by atoms with van der Waals surface area (Å²) in [5.74, 6) is 0.222. The van der Waals surface area contributed by atoms with Gasteiger partial charge in [-0.1, -0.05) is 11.6 Å². The molecular weight excluding hydrogens is 536 g/mol. The van der Waals surface area contributed by atoms with Crippen LogP contribution in [0.2, 0.25) is 5.02 Å². The van der Waals surface area contributed by atoms with Gasteiger partial charge in [0, 0.05) is 44.3 Å². The lowest BCUT2D eigenvalue weighted by Gasteiger charge is -2.38. The highest BCUT2D eigenvalue weighted by Gasteiger charge is 2.32. The molecule has 3 aromatic heterocycles. The van der Waals surface area contributed by atoms with Crippen LogP contribution in [0.15, 0.2) is 34.9 Å². The number of halogens is 1. The molecule has 3 aromatic rings. The average Bonchev–Trinajstić information content (AvgIpc) is 3.37. The Morgan fingerprint density at radius 1 is 0.900 bits per heavy atom. The van der Waals surface area contributed by atoms with E-state index in [2.05, 4.69) is 25.4 Å². The summed E-state index contributed by atoms with van der Waals surface area (Å²) in [6.07, 6.45) is 4.93. The molecule has 40 heavy (non-hydrogen) atoms. The molecule has 212 valence electrons. The number of pyridine rings is 2. The Morgan fingerprint density at radius 2 is 1.62 bits per heavy atom. The summed E-state index contributed by atoms with van der Waals surface area (Å²) in [6.45, 7) is 6.07. The Kier molecular flexibility index (Phi) is 8.15. The molecule has 3 fully saturated rings. The summed E-state index contributed by atoms with van der Waals surface area (Å²) in [5, 5.41) is 6.22. The van der Waals surface area contributed by atoms with Crippen molar-refractivity contribution in [2.75, 3.05) is 68.1 Å². The minimum absolute atomic E-state index is 0.0197. The van der Waals surface area contributed by atoms with Gasteiger partial charge in [0.1, 0.15) is 22.8 Å². The van der Waals surface area contributed by atoms with Crippen molar-refractivity contribution in [2.45, 2.75) is 31.7 Å². The van der Waals surface area contributed by atoms with Crippen molar-refractivity contribution in [3.8, 4) is 0 Å². The molecule has 6 rings (SSSR count). The standard InChI is InChI=1S/C28H33ClN6O5/c29-19-3-7-22(30-17-19)31-28(37)26-25(24-21(40-26)6-8-23(32-24)35-11-15-39-16-12-35)33-27(36)18-1-4-20(5-2-18)34-9-13-38-14-10-34/h3,6-8,17-18,20H,1-2,4-5,9-16H2,(H,33,36)(H,30,31,37)/t18-,20-. The summed E-state index contributed by atoms with van der Waals surface area (Å²) in [5.41, 5.74) is 1.13. The van der Waals surface area contributed by atoms with Crippen LogP contribution in [0.5, 0.6) is 0 Å². The summed E-state index contributed by atoms with van der Waals surface area (Å²) >= 11 is 5.94. The lowest BCUT2D eigenvalue weighted by atomic mass is 9.84. The summed E-state index contributed by atoms with van der Waals surface area (Å²) < 4.78 is 16.9. The molecule has 2 saturated heterocycles. The van der Waals surface area contributed by atoms with E-state index in [1.54, 1.807) is 18.2 Å². The van der Waals surface area contributed by atoms with Crippen molar-refractivity contribution < 1.29 is 23.5 Å². The predicted molar refractivity (Wildman–Crippen MR) is 151 cm³/mol. The lowest BCUT2D eigenvalue weighted by Crippen LogP contribution is -2.45. The second-order valence-electron chi connectivity index (χ2n) is 10.4. The normalized spacial score (nSPS) is 22.3. The van der Waals surface area contributed by atoms with E-state index in [-0.39, 0.29) is 23.3 Å². The number of hydrogen-bond donors (Lipinski definition) is 2. The molecular formula is C28H33ClN6O5. The monoisotopic (exact) mass is 568 g/mol. The topological polar surface area (TPSA) is 122 Å². The van der Waals surface area contributed by atoms with Crippen molar-refractivity contribution in [2.24, 2.45) is 5.92 Å². The Labute approximate surface area is 237 Å². The number of amides is 2. The minimum atomic E-state index is -0.535. The molecule has 0 atom stereocenters. The highest BCUT2D eigenvalue weighted by molar-refractivity contribution is 6.30. The molecule has 2 N–H and O–H groups in total. The smallest absolute Gasteiger partial charge is 0.294 e. The number of nitrogens with one attached hydrogen (secondary N) is 2. The fraction of sp³-hybridized carbons (Fsp3) is 0.500. The lowest BCUT2D eigenvalue weighted by molar-refractivity contribution is -0.121. The molecule has 5 heterocycles. The van der Waals surface area contributed by atoms with E-state index in [4.69, 9.17) is 30.5 Å². The summed E-state index contributed by atoms with van der Waals surface area (Å²) in [6, 6.07) is 7.36. The number of hydrogen-bond acceptors (Lipinski definition) is 9. The first kappa shape index (κ1) is 26.9. The molecule has 12 heteroatoms. The molecule has 0 radical (unpaired) electrons. The first-order chi connectivity index (χ1) is 19.5. The molecule has 0 bridgehead atoms. The van der Waals surface area contributed by atoms with Crippen molar-refractivity contribution in [3.05, 3.63) is 41.2 Å². The summed E-state index contributed by atoms with van der Waals surface area (Å²) in [7, 11) is 0. The van der Waals surface area contributed by atoms with Crippen molar-refractivity contribution in [1.29, 1.82) is 0 Å². The molecule has 0 unspecified atom stereocenters. The number of aromatic nitrogens is 2. The van der Waals surface area contributed by atoms with Crippen LogP contribution < -0.4 is 15.5 Å². The number of rotatable bonds is 6. The van der Waals surface area contributed by atoms with Gasteiger partial charge in [-0.25, -0.2) is 9.97 Å². The quantitative estimate of drug-likeness (QED) is 0.457. The number of anilines is 3. The van der Waals surface area contributed by atoms with Crippen LogP contribution in [0.25, 0.3) is 11.1 Å². The Hall–Kier alpha value is -3.25. The van der Waals surface area contributed by atoms with Crippen LogP contribution in [-0.4, -0.2) is 85.3 Å². The molecule has 11 nitrogen and oxygen atoms in total. The van der Waals surface area contributed by atoms with Gasteiger partial charge in [-0.2, -0.15) is 0 Å². The Bertz CT molecular complexity index is 1350. The van der Waals surface area contributed by atoms with Gasteiger partial charge in [0.05, 0.1) is 31.5 Å². The SMILES string of the molecule is O=C(Nc1ccc(Cl)cn1)c1oc2ccc(N3CCOCC3)nc2c1NC(=O)[C@H]1CC[C@H](N2CCOCC2)CC1. The summed E-state index contributed by atoms with van der Waals surface area (Å²) in [4.78, 5) is 40.5. The molecule has 2 amide bonds. The van der Waals surface area contributed by atoms with Crippen molar-refractivity contribution in [1.82, 2.24) is 14.9 Å². The third-order valence-electron chi connectivity index (χ3n) is 7.91. The molecule has 1 saturated carbocycles. The molecule has 3 aliphatic rings. The van der Waals surface area contributed by atoms with E-state index in [0.29, 0.717) is 54.3 Å². The number of furan rings is 1. The number of fused-ring (bicyclic) bond motifs is 1. The highest BCUT2D eigenvalue weighted by Crippen LogP contribution is 2.34. The number of morpholine rings is 2. The third kappa shape index (κ3) is 5.92. The highest BCUT2D eigenvalue weighted by atomic mass is 35.5. The van der Waals surface area contributed by atoms with Crippen LogP contribution in [0, 0.1) is 5.92 Å². The number of carbonyl (C=O) groups excluding carboxylic acids is 2. The van der Waals surface area contributed by atoms with Gasteiger partial charge < -0.3 is 29.4 Å². The maximum absolute atomic E-state index is 13.5. The zero-order valence-electron chi connectivity index (χ0n) is 22.2. The fourth-order valence-corrected chi connectivity index (χ4v) is 5.82. The van der Waals surface area contributed by atoms with Gasteiger partial charge in [-0.15, -0.1) is 0 Å². The third-order valence-corrected chi connectivity index (χ3v) is 8.13. The predicted octanol–water partition coefficient (Wildman–Crippen LogP) is 3.79. The fourth-order valence-electron chi connectivity index (χ4n) is 5.70. The van der Waals surface area contributed by atoms with E-state index in [1.807, 2.05) is 6.07 Å². The van der Waals surface area contributed by atoms with Gasteiger partial charge in [0.25, 0.3) is 5.91 Å². The maximum Gasteiger partial charge on any atom is 0.294 e. The van der Waals surface area contributed by atoms with Gasteiger partial charge >= 0.3 is 0 Å². The van der Waals surface area contributed by atoms with Crippen LogP contribution in [0.1, 0.15) is 36.2 Å². The van der Waals surface area contributed by atoms with Crippen molar-refractivity contribution in [3.63, 3.8) is 0 Å². The first-order valence-electron chi connectivity index (χ1n) is 13.9. The average molecular weight is 569 g/mol. The largest absolute Gasteiger partial charge is 0.447 e. The van der Waals surface area contributed by atoms with E-state index < -0.39 is 5.91 Å². The minimum Gasteiger partial charge on any atom is -0.447 e. The van der Waals surface area contributed by atoms with Crippen LogP contribution in [-0.2, 0) is 14.3 Å². The Morgan fingerprint density at radius 3 is 2.33 bits per heavy atom. The van der Waals surface area contributed by atoms with Gasteiger partial charge in [0.15, 0.2) is 5.58 Å². The second-order valence-corrected chi connectivity index (χ2v) is 10.8. The second kappa shape index (κ2) is 12.1. The first-order valence-corrected chi connectivity index (χ1v) is 14.2. The van der Waals surface area contributed by atoms with Crippen LogP contribution in [0.3, 0.4) is 0 Å². The molecule has 0 spiro atoms. The number of carbonyl (C=O) groups is 2. The molecule has 2 aliphatic heterocycles. The zero-order valence-corrected chi connectivity index (χ0v) is 23.0. The molecule has 0 aromatic carbocycles. The van der Waals surface area contributed by atoms with Crippen LogP contribution in [0.4, 0.5) is 17.3 Å². The number of nitrogens with zero attached hydrogens (tertiary/aromatic N) is 4. The van der Waals surface area contributed by atoms with Crippen LogP contribution >= 0.6 is 11.6 Å². The number of ether oxygens (including phenoxy) is 2. The van der Waals surface area contributed by atoms with E-state index in [1.165, 1.54) is 6.20 Å². The van der Waals surface area contributed by atoms with Gasteiger partial charge in [-0.3, -0.25) is 14.5 Å². The maximum atomic E-state index is 13.5. The zero-order chi connectivity index (χ0) is 27.5. The van der Waals surface area contributed by atoms with Gasteiger partial charge in [0.2, 0.25) is 11.7 Å². The van der Waals surface area contributed by atoms with E-state index in [0.717, 1.165) is 57.8 Å². The van der Waals surface area contributed by atoms with E-state index >= 15 is 0 Å². The van der Waals surface area contributed by atoms with Crippen molar-refractivity contribution >= 4 is 51.8 Å².